The molecule has 1 rings (SSSR count). The van der Waals surface area contributed by atoms with Crippen molar-refractivity contribution in [3.63, 3.8) is 0 Å². The smallest absolute Gasteiger partial charge is 0.242 e. The molecule has 0 unspecified atom stereocenters. The van der Waals surface area contributed by atoms with Gasteiger partial charge in [-0.15, -0.1) is 0 Å². The predicted octanol–water partition coefficient (Wildman–Crippen LogP) is 0.139. The third-order valence-electron chi connectivity index (χ3n) is 2.97. The highest BCUT2D eigenvalue weighted by Crippen LogP contribution is 2.27. The zero-order valence-corrected chi connectivity index (χ0v) is 13.3. The van der Waals surface area contributed by atoms with Gasteiger partial charge < -0.3 is 16.0 Å². The lowest BCUT2D eigenvalue weighted by Crippen LogP contribution is -2.38. The molecule has 0 saturated carbocycles. The van der Waals surface area contributed by atoms with Gasteiger partial charge in [0.05, 0.1) is 12.2 Å². The molecule has 0 aliphatic heterocycles. The van der Waals surface area contributed by atoms with Gasteiger partial charge in [-0.25, -0.2) is 13.1 Å². The second-order valence-electron chi connectivity index (χ2n) is 4.40. The van der Waals surface area contributed by atoms with Crippen molar-refractivity contribution in [3.05, 3.63) is 18.2 Å². The van der Waals surface area contributed by atoms with Crippen molar-refractivity contribution in [2.45, 2.75) is 18.7 Å². The van der Waals surface area contributed by atoms with Gasteiger partial charge in [0.15, 0.2) is 0 Å². The number of nitrogens with two attached hydrogens (primary N) is 1. The fourth-order valence-corrected chi connectivity index (χ4v) is 2.89. The summed E-state index contributed by atoms with van der Waals surface area (Å²) in [4.78, 5) is 13.5. The normalized spacial score (nSPS) is 11.2. The van der Waals surface area contributed by atoms with E-state index in [9.17, 15) is 13.2 Å². The Bertz CT molecular complexity index is 601. The number of nitrogens with zero attached hydrogens (tertiary/aromatic N) is 1. The number of rotatable bonds is 7. The van der Waals surface area contributed by atoms with Crippen molar-refractivity contribution in [1.29, 1.82) is 0 Å². The van der Waals surface area contributed by atoms with Crippen molar-refractivity contribution in [1.82, 2.24) is 10.0 Å². The van der Waals surface area contributed by atoms with Gasteiger partial charge in [0.25, 0.3) is 0 Å². The fraction of sp³-hybridized carbons (Fsp3) is 0.462. The SMILES string of the molecule is CCNC(=O)CN(CC)c1ccc(N)cc1S(=O)(=O)NC. The number of carbonyl (C=O) groups excluding carboxylic acids is 1. The molecular formula is C13H22N4O3S. The highest BCUT2D eigenvalue weighted by atomic mass is 32.2. The van der Waals surface area contributed by atoms with Crippen molar-refractivity contribution in [2.24, 2.45) is 0 Å². The van der Waals surface area contributed by atoms with E-state index in [4.69, 9.17) is 5.73 Å². The molecule has 118 valence electrons. The zero-order valence-electron chi connectivity index (χ0n) is 12.5. The molecule has 8 heteroatoms. The summed E-state index contributed by atoms with van der Waals surface area (Å²) in [5.74, 6) is -0.163. The van der Waals surface area contributed by atoms with E-state index < -0.39 is 10.0 Å². The average Bonchev–Trinajstić information content (AvgIpc) is 2.45. The van der Waals surface area contributed by atoms with E-state index in [1.165, 1.54) is 13.1 Å². The maximum Gasteiger partial charge on any atom is 0.242 e. The lowest BCUT2D eigenvalue weighted by molar-refractivity contribution is -0.119. The first-order chi connectivity index (χ1) is 9.85. The van der Waals surface area contributed by atoms with Crippen LogP contribution in [0.4, 0.5) is 11.4 Å². The van der Waals surface area contributed by atoms with E-state index in [1.54, 1.807) is 17.0 Å². The van der Waals surface area contributed by atoms with Gasteiger partial charge in [-0.2, -0.15) is 0 Å². The van der Waals surface area contributed by atoms with Crippen molar-refractivity contribution in [3.8, 4) is 0 Å². The van der Waals surface area contributed by atoms with Crippen LogP contribution in [-0.2, 0) is 14.8 Å². The highest BCUT2D eigenvalue weighted by molar-refractivity contribution is 7.89. The number of hydrogen-bond acceptors (Lipinski definition) is 5. The van der Waals surface area contributed by atoms with Crippen LogP contribution in [0.25, 0.3) is 0 Å². The van der Waals surface area contributed by atoms with Crippen LogP contribution in [0.15, 0.2) is 23.1 Å². The van der Waals surface area contributed by atoms with E-state index in [-0.39, 0.29) is 17.3 Å². The van der Waals surface area contributed by atoms with E-state index in [0.717, 1.165) is 0 Å². The summed E-state index contributed by atoms with van der Waals surface area (Å²) in [5.41, 5.74) is 6.48. The number of hydrogen-bond donors (Lipinski definition) is 3. The summed E-state index contributed by atoms with van der Waals surface area (Å²) in [6.07, 6.45) is 0. The predicted molar refractivity (Wildman–Crippen MR) is 83.7 cm³/mol. The summed E-state index contributed by atoms with van der Waals surface area (Å²) in [5, 5.41) is 2.69. The van der Waals surface area contributed by atoms with E-state index >= 15 is 0 Å². The largest absolute Gasteiger partial charge is 0.399 e. The molecule has 0 atom stereocenters. The van der Waals surface area contributed by atoms with Gasteiger partial charge in [-0.1, -0.05) is 0 Å². The van der Waals surface area contributed by atoms with Gasteiger partial charge >= 0.3 is 0 Å². The van der Waals surface area contributed by atoms with Crippen LogP contribution in [0.2, 0.25) is 0 Å². The van der Waals surface area contributed by atoms with Crippen LogP contribution in [0.5, 0.6) is 0 Å². The topological polar surface area (TPSA) is 105 Å². The molecule has 1 aromatic carbocycles. The molecule has 0 aliphatic carbocycles. The minimum Gasteiger partial charge on any atom is -0.399 e. The van der Waals surface area contributed by atoms with E-state index in [2.05, 4.69) is 10.0 Å². The molecule has 0 heterocycles. The van der Waals surface area contributed by atoms with Gasteiger partial charge in [-0.3, -0.25) is 4.79 Å². The molecule has 0 radical (unpaired) electrons. The molecule has 0 spiro atoms. The summed E-state index contributed by atoms with van der Waals surface area (Å²) in [7, 11) is -2.32. The Morgan fingerprint density at radius 3 is 2.52 bits per heavy atom. The third-order valence-corrected chi connectivity index (χ3v) is 4.42. The van der Waals surface area contributed by atoms with Crippen LogP contribution in [0, 0.1) is 0 Å². The average molecular weight is 314 g/mol. The van der Waals surface area contributed by atoms with Crippen molar-refractivity contribution >= 4 is 27.3 Å². The number of carbonyl (C=O) groups is 1. The van der Waals surface area contributed by atoms with Crippen LogP contribution in [0.1, 0.15) is 13.8 Å². The minimum absolute atomic E-state index is 0.0659. The number of likely N-dealkylation sites (N-methyl/N-ethyl adjacent to an activating group) is 2. The summed E-state index contributed by atoms with van der Waals surface area (Å²) >= 11 is 0. The van der Waals surface area contributed by atoms with Crippen LogP contribution in [0.3, 0.4) is 0 Å². The molecule has 0 aromatic heterocycles. The lowest BCUT2D eigenvalue weighted by Gasteiger charge is -2.25. The molecular weight excluding hydrogens is 292 g/mol. The van der Waals surface area contributed by atoms with E-state index in [1.807, 2.05) is 13.8 Å². The first-order valence-corrected chi connectivity index (χ1v) is 8.18. The van der Waals surface area contributed by atoms with Crippen LogP contribution >= 0.6 is 0 Å². The van der Waals surface area contributed by atoms with Gasteiger partial charge in [0.2, 0.25) is 15.9 Å². The quantitative estimate of drug-likeness (QED) is 0.621. The molecule has 0 fully saturated rings. The van der Waals surface area contributed by atoms with Crippen molar-refractivity contribution < 1.29 is 13.2 Å². The number of amides is 1. The number of nitrogen functional groups attached to an aromatic ring is 1. The number of nitrogens with one attached hydrogen (secondary N) is 2. The van der Waals surface area contributed by atoms with Gasteiger partial charge in [0.1, 0.15) is 4.90 Å². The molecule has 0 saturated heterocycles. The van der Waals surface area contributed by atoms with Crippen molar-refractivity contribution in [2.75, 3.05) is 37.3 Å². The Morgan fingerprint density at radius 2 is 2.00 bits per heavy atom. The Hall–Kier alpha value is -1.80. The second-order valence-corrected chi connectivity index (χ2v) is 6.26. The maximum atomic E-state index is 12.1. The Kier molecular flexibility index (Phi) is 5.98. The number of benzene rings is 1. The fourth-order valence-electron chi connectivity index (χ4n) is 1.91. The third kappa shape index (κ3) is 4.33. The summed E-state index contributed by atoms with van der Waals surface area (Å²) < 4.78 is 26.5. The number of anilines is 2. The molecule has 7 nitrogen and oxygen atoms in total. The molecule has 0 bridgehead atoms. The molecule has 1 amide bonds. The second kappa shape index (κ2) is 7.28. The van der Waals surface area contributed by atoms with Gasteiger partial charge in [-0.05, 0) is 39.1 Å². The zero-order chi connectivity index (χ0) is 16.0. The standard InChI is InChI=1S/C13H22N4O3S/c1-4-16-13(18)9-17(5-2)11-7-6-10(14)8-12(11)21(19,20)15-3/h6-8,15H,4-5,9,14H2,1-3H3,(H,16,18). The molecule has 0 aliphatic rings. The highest BCUT2D eigenvalue weighted by Gasteiger charge is 2.21. The minimum atomic E-state index is -3.66. The van der Waals surface area contributed by atoms with Crippen LogP contribution in [-0.4, -0.2) is 41.0 Å². The van der Waals surface area contributed by atoms with E-state index in [0.29, 0.717) is 24.5 Å². The monoisotopic (exact) mass is 314 g/mol. The molecule has 4 N–H and O–H groups in total. The Labute approximate surface area is 125 Å². The molecule has 1 aromatic rings. The first kappa shape index (κ1) is 17.3. The lowest BCUT2D eigenvalue weighted by atomic mass is 10.2. The Balaban J connectivity index is 3.24. The summed E-state index contributed by atoms with van der Waals surface area (Å²) in [6.45, 7) is 4.78. The van der Waals surface area contributed by atoms with Crippen LogP contribution < -0.4 is 20.7 Å². The van der Waals surface area contributed by atoms with Gasteiger partial charge in [0, 0.05) is 18.8 Å². The maximum absolute atomic E-state index is 12.1. The number of sulfonamides is 1. The first-order valence-electron chi connectivity index (χ1n) is 6.70. The Morgan fingerprint density at radius 1 is 1.33 bits per heavy atom. The molecule has 21 heavy (non-hydrogen) atoms. The summed E-state index contributed by atoms with van der Waals surface area (Å²) in [6, 6.07) is 4.62.